The zero-order valence-electron chi connectivity index (χ0n) is 7.74. The van der Waals surface area contributed by atoms with Crippen molar-refractivity contribution in [2.24, 2.45) is 0 Å². The highest BCUT2D eigenvalue weighted by atomic mass is 16.6. The highest BCUT2D eigenvalue weighted by molar-refractivity contribution is 5.74. The molecule has 1 unspecified atom stereocenters. The molecule has 0 aliphatic carbocycles. The second kappa shape index (κ2) is 5.97. The van der Waals surface area contributed by atoms with Gasteiger partial charge in [-0.15, -0.1) is 0 Å². The molecule has 1 atom stereocenters. The lowest BCUT2D eigenvalue weighted by molar-refractivity contribution is -0.158. The molecule has 0 heterocycles. The van der Waals surface area contributed by atoms with Crippen LogP contribution >= 0.6 is 0 Å². The van der Waals surface area contributed by atoms with E-state index in [-0.39, 0.29) is 12.5 Å². The second-order valence-corrected chi connectivity index (χ2v) is 2.78. The molecule has 0 spiro atoms. The first-order valence-electron chi connectivity index (χ1n) is 3.95. The molecule has 0 aliphatic heterocycles. The molecule has 0 saturated heterocycles. The quantitative estimate of drug-likeness (QED) is 0.613. The van der Waals surface area contributed by atoms with Crippen molar-refractivity contribution in [2.45, 2.75) is 32.5 Å². The van der Waals surface area contributed by atoms with Gasteiger partial charge in [0.25, 0.3) is 0 Å². The zero-order chi connectivity index (χ0) is 9.56. The van der Waals surface area contributed by atoms with Crippen molar-refractivity contribution in [1.82, 2.24) is 0 Å². The Morgan fingerprint density at radius 3 is 2.50 bits per heavy atom. The summed E-state index contributed by atoms with van der Waals surface area (Å²) in [4.78, 5) is 10.9. The first-order valence-corrected chi connectivity index (χ1v) is 3.95. The van der Waals surface area contributed by atoms with Gasteiger partial charge in [0.1, 0.15) is 0 Å². The molecule has 1 N–H and O–H groups in total. The van der Waals surface area contributed by atoms with E-state index in [4.69, 9.17) is 14.6 Å². The smallest absolute Gasteiger partial charge is 0.335 e. The Morgan fingerprint density at radius 2 is 2.08 bits per heavy atom. The Morgan fingerprint density at radius 1 is 1.50 bits per heavy atom. The van der Waals surface area contributed by atoms with Crippen LogP contribution in [-0.2, 0) is 14.3 Å². The second-order valence-electron chi connectivity index (χ2n) is 2.78. The lowest BCUT2D eigenvalue weighted by Gasteiger charge is -2.12. The van der Waals surface area contributed by atoms with E-state index in [0.717, 1.165) is 0 Å². The first kappa shape index (κ1) is 11.4. The third kappa shape index (κ3) is 5.09. The van der Waals surface area contributed by atoms with E-state index in [2.05, 4.69) is 0 Å². The molecule has 4 nitrogen and oxygen atoms in total. The summed E-state index contributed by atoms with van der Waals surface area (Å²) in [5, 5.41) is 9.14. The van der Waals surface area contributed by atoms with Crippen LogP contribution in [-0.4, -0.2) is 37.0 Å². The van der Waals surface area contributed by atoms with Gasteiger partial charge in [-0.1, -0.05) is 0 Å². The van der Waals surface area contributed by atoms with Gasteiger partial charge < -0.3 is 14.6 Å². The standard InChI is InChI=1S/C8H16O4/c1-6(2)12-8(10)7(9)4-5-11-3/h6-7,9H,4-5H2,1-3H3. The molecular formula is C8H16O4. The van der Waals surface area contributed by atoms with E-state index in [1.54, 1.807) is 13.8 Å². The largest absolute Gasteiger partial charge is 0.461 e. The van der Waals surface area contributed by atoms with Crippen LogP contribution in [0, 0.1) is 0 Å². The maximum absolute atomic E-state index is 10.9. The van der Waals surface area contributed by atoms with Crippen molar-refractivity contribution in [3.63, 3.8) is 0 Å². The lowest BCUT2D eigenvalue weighted by atomic mass is 10.3. The van der Waals surface area contributed by atoms with Crippen LogP contribution < -0.4 is 0 Å². The number of carbonyl (C=O) groups excluding carboxylic acids is 1. The average molecular weight is 176 g/mol. The number of aliphatic hydroxyl groups excluding tert-OH is 1. The number of rotatable bonds is 5. The number of hydrogen-bond donors (Lipinski definition) is 1. The van der Waals surface area contributed by atoms with Crippen LogP contribution in [0.3, 0.4) is 0 Å². The van der Waals surface area contributed by atoms with Gasteiger partial charge in [0, 0.05) is 20.1 Å². The summed E-state index contributed by atoms with van der Waals surface area (Å²) in [6.45, 7) is 3.83. The summed E-state index contributed by atoms with van der Waals surface area (Å²) in [7, 11) is 1.51. The van der Waals surface area contributed by atoms with Crippen molar-refractivity contribution in [3.05, 3.63) is 0 Å². The average Bonchev–Trinajstić information content (AvgIpc) is 1.98. The predicted molar refractivity (Wildman–Crippen MR) is 43.7 cm³/mol. The minimum absolute atomic E-state index is 0.185. The van der Waals surface area contributed by atoms with E-state index >= 15 is 0 Å². The van der Waals surface area contributed by atoms with Crippen molar-refractivity contribution in [3.8, 4) is 0 Å². The number of ether oxygens (including phenoxy) is 2. The summed E-state index contributed by atoms with van der Waals surface area (Å²) in [6, 6.07) is 0. The van der Waals surface area contributed by atoms with Gasteiger partial charge in [-0.25, -0.2) is 4.79 Å². The Hall–Kier alpha value is -0.610. The Kier molecular flexibility index (Phi) is 5.66. The van der Waals surface area contributed by atoms with Crippen molar-refractivity contribution < 1.29 is 19.4 Å². The highest BCUT2D eigenvalue weighted by Gasteiger charge is 2.16. The van der Waals surface area contributed by atoms with Crippen LogP contribution in [0.1, 0.15) is 20.3 Å². The summed E-state index contributed by atoms with van der Waals surface area (Å²) in [5.74, 6) is -0.581. The number of aliphatic hydroxyl groups is 1. The van der Waals surface area contributed by atoms with Crippen LogP contribution in [0.2, 0.25) is 0 Å². The molecule has 0 aromatic heterocycles. The van der Waals surface area contributed by atoms with Crippen molar-refractivity contribution in [1.29, 1.82) is 0 Å². The van der Waals surface area contributed by atoms with Crippen molar-refractivity contribution in [2.75, 3.05) is 13.7 Å². The van der Waals surface area contributed by atoms with Gasteiger partial charge in [-0.2, -0.15) is 0 Å². The van der Waals surface area contributed by atoms with Gasteiger partial charge >= 0.3 is 5.97 Å². The molecule has 0 aliphatic rings. The van der Waals surface area contributed by atoms with E-state index in [1.165, 1.54) is 7.11 Å². The number of hydrogen-bond acceptors (Lipinski definition) is 4. The first-order chi connectivity index (χ1) is 5.57. The maximum Gasteiger partial charge on any atom is 0.335 e. The SMILES string of the molecule is COCCC(O)C(=O)OC(C)C. The molecule has 0 rings (SSSR count). The van der Waals surface area contributed by atoms with Gasteiger partial charge in [-0.3, -0.25) is 0 Å². The molecule has 0 fully saturated rings. The number of methoxy groups -OCH3 is 1. The molecule has 0 aromatic carbocycles. The van der Waals surface area contributed by atoms with Crippen LogP contribution in [0.25, 0.3) is 0 Å². The van der Waals surface area contributed by atoms with Crippen LogP contribution in [0.4, 0.5) is 0 Å². The summed E-state index contributed by atoms with van der Waals surface area (Å²) < 4.78 is 9.46. The third-order valence-corrected chi connectivity index (χ3v) is 1.22. The van der Waals surface area contributed by atoms with E-state index in [1.807, 2.05) is 0 Å². The molecular weight excluding hydrogens is 160 g/mol. The maximum atomic E-state index is 10.9. The minimum atomic E-state index is -1.06. The lowest BCUT2D eigenvalue weighted by Crippen LogP contribution is -2.26. The Bertz CT molecular complexity index is 133. The van der Waals surface area contributed by atoms with E-state index in [9.17, 15) is 4.79 Å². The van der Waals surface area contributed by atoms with Crippen LogP contribution in [0.15, 0.2) is 0 Å². The van der Waals surface area contributed by atoms with Gasteiger partial charge in [-0.05, 0) is 13.8 Å². The monoisotopic (exact) mass is 176 g/mol. The van der Waals surface area contributed by atoms with E-state index in [0.29, 0.717) is 6.61 Å². The topological polar surface area (TPSA) is 55.8 Å². The summed E-state index contributed by atoms with van der Waals surface area (Å²) >= 11 is 0. The number of carbonyl (C=O) groups is 1. The van der Waals surface area contributed by atoms with Crippen LogP contribution in [0.5, 0.6) is 0 Å². The minimum Gasteiger partial charge on any atom is -0.461 e. The Balaban J connectivity index is 3.61. The molecule has 0 aromatic rings. The third-order valence-electron chi connectivity index (χ3n) is 1.22. The van der Waals surface area contributed by atoms with Gasteiger partial charge in [0.2, 0.25) is 0 Å². The summed E-state index contributed by atoms with van der Waals surface area (Å²) in [6.07, 6.45) is -0.968. The number of esters is 1. The fraction of sp³-hybridized carbons (Fsp3) is 0.875. The normalized spacial score (nSPS) is 13.1. The molecule has 4 heteroatoms. The molecule has 12 heavy (non-hydrogen) atoms. The predicted octanol–water partition coefficient (Wildman–Crippen LogP) is 0.335. The van der Waals surface area contributed by atoms with Crippen molar-refractivity contribution >= 4 is 5.97 Å². The molecule has 0 amide bonds. The molecule has 72 valence electrons. The van der Waals surface area contributed by atoms with E-state index < -0.39 is 12.1 Å². The summed E-state index contributed by atoms with van der Waals surface area (Å²) in [5.41, 5.74) is 0. The molecule has 0 saturated carbocycles. The molecule has 0 radical (unpaired) electrons. The van der Waals surface area contributed by atoms with Gasteiger partial charge in [0.05, 0.1) is 6.10 Å². The van der Waals surface area contributed by atoms with Gasteiger partial charge in [0.15, 0.2) is 6.10 Å². The highest BCUT2D eigenvalue weighted by Crippen LogP contribution is 1.98. The Labute approximate surface area is 72.5 Å². The fourth-order valence-corrected chi connectivity index (χ4v) is 0.658. The molecule has 0 bridgehead atoms. The zero-order valence-corrected chi connectivity index (χ0v) is 7.74. The fourth-order valence-electron chi connectivity index (χ4n) is 0.658.